The van der Waals surface area contributed by atoms with Gasteiger partial charge in [0.15, 0.2) is 0 Å². The standard InChI is InChI=1S/C22H20FN5O/c1-14-5-6-18(23)17-12-19(26-21(14)17)22(29)25-15-3-2-4-16(11-15)28-10-9-27-8-7-24-20(27)13-28/h2-8,11-12,26H,9-10,13H2,1H3,(H,25,29). The molecule has 3 heterocycles. The van der Waals surface area contributed by atoms with E-state index < -0.39 is 0 Å². The molecule has 0 unspecified atom stereocenters. The van der Waals surface area contributed by atoms with E-state index in [2.05, 4.69) is 24.8 Å². The second kappa shape index (κ2) is 6.77. The first kappa shape index (κ1) is 17.5. The quantitative estimate of drug-likeness (QED) is 0.555. The lowest BCUT2D eigenvalue weighted by Crippen LogP contribution is -2.33. The second-order valence-electron chi connectivity index (χ2n) is 7.30. The second-order valence-corrected chi connectivity index (χ2v) is 7.30. The Morgan fingerprint density at radius 2 is 2.10 bits per heavy atom. The van der Waals surface area contributed by atoms with Crippen molar-refractivity contribution in [2.24, 2.45) is 0 Å². The Balaban J connectivity index is 1.37. The maximum atomic E-state index is 14.0. The van der Waals surface area contributed by atoms with Gasteiger partial charge in [-0.25, -0.2) is 9.37 Å². The lowest BCUT2D eigenvalue weighted by atomic mass is 10.1. The highest BCUT2D eigenvalue weighted by Crippen LogP contribution is 2.25. The molecule has 0 fully saturated rings. The van der Waals surface area contributed by atoms with Crippen molar-refractivity contribution in [1.29, 1.82) is 0 Å². The number of hydrogen-bond acceptors (Lipinski definition) is 3. The topological polar surface area (TPSA) is 66.0 Å². The summed E-state index contributed by atoms with van der Waals surface area (Å²) in [7, 11) is 0. The van der Waals surface area contributed by atoms with Crippen molar-refractivity contribution in [2.45, 2.75) is 20.0 Å². The van der Waals surface area contributed by atoms with Gasteiger partial charge in [0.2, 0.25) is 0 Å². The molecule has 0 spiro atoms. The Labute approximate surface area is 167 Å². The third kappa shape index (κ3) is 3.14. The van der Waals surface area contributed by atoms with Crippen LogP contribution in [-0.2, 0) is 13.1 Å². The maximum Gasteiger partial charge on any atom is 0.272 e. The Bertz CT molecular complexity index is 1190. The van der Waals surface area contributed by atoms with Crippen LogP contribution in [0.25, 0.3) is 10.9 Å². The summed E-state index contributed by atoms with van der Waals surface area (Å²) < 4.78 is 16.2. The van der Waals surface area contributed by atoms with Crippen LogP contribution in [0.1, 0.15) is 21.9 Å². The van der Waals surface area contributed by atoms with E-state index in [1.165, 1.54) is 6.07 Å². The van der Waals surface area contributed by atoms with Crippen LogP contribution in [0.15, 0.2) is 54.9 Å². The molecule has 146 valence electrons. The zero-order valence-corrected chi connectivity index (χ0v) is 15.9. The molecule has 5 rings (SSSR count). The molecule has 6 nitrogen and oxygen atoms in total. The minimum absolute atomic E-state index is 0.300. The first-order valence-electron chi connectivity index (χ1n) is 9.53. The summed E-state index contributed by atoms with van der Waals surface area (Å²) in [5.74, 6) is 0.388. The van der Waals surface area contributed by atoms with E-state index in [1.807, 2.05) is 43.6 Å². The molecule has 1 aliphatic heterocycles. The number of anilines is 2. The van der Waals surface area contributed by atoms with Crippen molar-refractivity contribution < 1.29 is 9.18 Å². The van der Waals surface area contributed by atoms with Gasteiger partial charge in [-0.15, -0.1) is 0 Å². The number of aromatic amines is 1. The van der Waals surface area contributed by atoms with Gasteiger partial charge in [0.05, 0.1) is 12.1 Å². The number of imidazole rings is 1. The molecule has 2 aromatic carbocycles. The van der Waals surface area contributed by atoms with Crippen LogP contribution in [-0.4, -0.2) is 27.0 Å². The highest BCUT2D eigenvalue weighted by Gasteiger charge is 2.18. The van der Waals surface area contributed by atoms with Crippen LogP contribution in [0.5, 0.6) is 0 Å². The average molecular weight is 389 g/mol. The molecule has 7 heteroatoms. The number of nitrogens with one attached hydrogen (secondary N) is 2. The number of carbonyl (C=O) groups excluding carboxylic acids is 1. The van der Waals surface area contributed by atoms with E-state index in [1.54, 1.807) is 12.1 Å². The highest BCUT2D eigenvalue weighted by atomic mass is 19.1. The molecule has 1 amide bonds. The van der Waals surface area contributed by atoms with Crippen molar-refractivity contribution in [3.8, 4) is 0 Å². The van der Waals surface area contributed by atoms with Gasteiger partial charge in [-0.1, -0.05) is 12.1 Å². The lowest BCUT2D eigenvalue weighted by molar-refractivity contribution is 0.102. The first-order chi connectivity index (χ1) is 14.1. The molecule has 2 N–H and O–H groups in total. The van der Waals surface area contributed by atoms with Gasteiger partial charge in [0.1, 0.15) is 17.3 Å². The number of rotatable bonds is 3. The molecule has 0 aliphatic carbocycles. The predicted molar refractivity (Wildman–Crippen MR) is 111 cm³/mol. The fourth-order valence-electron chi connectivity index (χ4n) is 3.82. The molecule has 0 saturated heterocycles. The minimum Gasteiger partial charge on any atom is -0.362 e. The normalized spacial score (nSPS) is 13.5. The number of halogens is 1. The van der Waals surface area contributed by atoms with E-state index in [0.29, 0.717) is 22.3 Å². The third-order valence-corrected chi connectivity index (χ3v) is 5.41. The van der Waals surface area contributed by atoms with Crippen molar-refractivity contribution >= 4 is 28.2 Å². The zero-order chi connectivity index (χ0) is 20.0. The number of nitrogens with zero attached hydrogens (tertiary/aromatic N) is 3. The van der Waals surface area contributed by atoms with Gasteiger partial charge in [0.25, 0.3) is 5.91 Å². The predicted octanol–water partition coefficient (Wildman–Crippen LogP) is 4.08. The minimum atomic E-state index is -0.341. The van der Waals surface area contributed by atoms with Crippen LogP contribution >= 0.6 is 0 Å². The number of aromatic nitrogens is 3. The fraction of sp³-hybridized carbons (Fsp3) is 0.182. The van der Waals surface area contributed by atoms with Gasteiger partial charge < -0.3 is 19.8 Å². The summed E-state index contributed by atoms with van der Waals surface area (Å²) in [4.78, 5) is 22.4. The van der Waals surface area contributed by atoms with E-state index in [-0.39, 0.29) is 11.7 Å². The fourth-order valence-corrected chi connectivity index (χ4v) is 3.82. The molecule has 1 aliphatic rings. The highest BCUT2D eigenvalue weighted by molar-refractivity contribution is 6.06. The SMILES string of the molecule is Cc1ccc(F)c2cc(C(=O)Nc3cccc(N4CCn5ccnc5C4)c3)[nH]c12. The summed E-state index contributed by atoms with van der Waals surface area (Å²) >= 11 is 0. The molecule has 4 aromatic rings. The van der Waals surface area contributed by atoms with Crippen molar-refractivity contribution in [3.05, 3.63) is 77.8 Å². The maximum absolute atomic E-state index is 14.0. The molecular formula is C22H20FN5O. The monoisotopic (exact) mass is 389 g/mol. The van der Waals surface area contributed by atoms with E-state index >= 15 is 0 Å². The smallest absolute Gasteiger partial charge is 0.272 e. The summed E-state index contributed by atoms with van der Waals surface area (Å²) in [5, 5.41) is 3.34. The summed E-state index contributed by atoms with van der Waals surface area (Å²) in [6.07, 6.45) is 3.81. The molecule has 0 bridgehead atoms. The van der Waals surface area contributed by atoms with Crippen LogP contribution in [0.4, 0.5) is 15.8 Å². The number of amides is 1. The number of hydrogen-bond donors (Lipinski definition) is 2. The van der Waals surface area contributed by atoms with Gasteiger partial charge in [-0.05, 0) is 42.8 Å². The Morgan fingerprint density at radius 3 is 2.97 bits per heavy atom. The third-order valence-electron chi connectivity index (χ3n) is 5.41. The molecular weight excluding hydrogens is 369 g/mol. The van der Waals surface area contributed by atoms with Crippen molar-refractivity contribution in [3.63, 3.8) is 0 Å². The number of H-pyrrole nitrogens is 1. The molecule has 29 heavy (non-hydrogen) atoms. The molecule has 2 aromatic heterocycles. The van der Waals surface area contributed by atoms with Crippen LogP contribution in [0, 0.1) is 12.7 Å². The van der Waals surface area contributed by atoms with E-state index in [4.69, 9.17) is 0 Å². The molecule has 0 radical (unpaired) electrons. The number of fused-ring (bicyclic) bond motifs is 2. The van der Waals surface area contributed by atoms with Crippen molar-refractivity contribution in [2.75, 3.05) is 16.8 Å². The van der Waals surface area contributed by atoms with Gasteiger partial charge in [-0.3, -0.25) is 4.79 Å². The van der Waals surface area contributed by atoms with E-state index in [0.717, 1.165) is 36.7 Å². The van der Waals surface area contributed by atoms with Gasteiger partial charge in [0, 0.05) is 42.2 Å². The van der Waals surface area contributed by atoms with Crippen LogP contribution < -0.4 is 10.2 Å². The molecule has 0 saturated carbocycles. The first-order valence-corrected chi connectivity index (χ1v) is 9.53. The number of aryl methyl sites for hydroxylation is 1. The summed E-state index contributed by atoms with van der Waals surface area (Å²) in [5.41, 5.74) is 3.59. The van der Waals surface area contributed by atoms with Crippen molar-refractivity contribution in [1.82, 2.24) is 14.5 Å². The van der Waals surface area contributed by atoms with Gasteiger partial charge in [-0.2, -0.15) is 0 Å². The number of benzene rings is 2. The average Bonchev–Trinajstić information content (AvgIpc) is 3.38. The summed E-state index contributed by atoms with van der Waals surface area (Å²) in [6.45, 7) is 4.37. The Morgan fingerprint density at radius 1 is 1.21 bits per heavy atom. The number of carbonyl (C=O) groups is 1. The summed E-state index contributed by atoms with van der Waals surface area (Å²) in [6, 6.07) is 12.4. The Hall–Kier alpha value is -3.61. The van der Waals surface area contributed by atoms with Crippen LogP contribution in [0.2, 0.25) is 0 Å². The largest absolute Gasteiger partial charge is 0.362 e. The van der Waals surface area contributed by atoms with Crippen LogP contribution in [0.3, 0.4) is 0 Å². The van der Waals surface area contributed by atoms with E-state index in [9.17, 15) is 9.18 Å². The van der Waals surface area contributed by atoms with Gasteiger partial charge >= 0.3 is 0 Å². The lowest BCUT2D eigenvalue weighted by Gasteiger charge is -2.29. The Kier molecular flexibility index (Phi) is 4.08. The molecule has 0 atom stereocenters. The zero-order valence-electron chi connectivity index (χ0n) is 15.9.